The monoisotopic (exact) mass is 380 g/mol. The minimum Gasteiger partial charge on any atom is -0.405 e. The van der Waals surface area contributed by atoms with E-state index in [1.807, 2.05) is 6.92 Å². The predicted molar refractivity (Wildman–Crippen MR) is 83.0 cm³/mol. The molecule has 0 aliphatic heterocycles. The number of rotatable bonds is 5. The molecule has 0 aliphatic rings. The highest BCUT2D eigenvalue weighted by Crippen LogP contribution is 2.32. The summed E-state index contributed by atoms with van der Waals surface area (Å²) in [5.41, 5.74) is 0.0198. The van der Waals surface area contributed by atoms with Gasteiger partial charge in [-0.05, 0) is 36.0 Å². The normalized spacial score (nSPS) is 13.8. The number of ether oxygens (including phenoxy) is 1. The number of alkyl halides is 3. The van der Waals surface area contributed by atoms with E-state index in [9.17, 15) is 18.0 Å². The third-order valence-electron chi connectivity index (χ3n) is 2.96. The molecule has 0 saturated heterocycles. The molecule has 1 atom stereocenters. The molecule has 2 nitrogen and oxygen atoms in total. The molecule has 0 aromatic heterocycles. The number of hydrogen-bond donors (Lipinski definition) is 0. The number of carbonyl (C=O) groups is 1. The summed E-state index contributed by atoms with van der Waals surface area (Å²) in [6.07, 6.45) is -3.83. The first-order valence-corrected chi connectivity index (χ1v) is 7.75. The molecule has 1 aromatic rings. The molecular formula is C16H20BrF3O2. The summed E-state index contributed by atoms with van der Waals surface area (Å²) in [7, 11) is 0. The second-order valence-corrected chi connectivity index (χ2v) is 7.60. The molecule has 0 fully saturated rings. The number of carbonyl (C=O) groups excluding carboxylic acids is 1. The van der Waals surface area contributed by atoms with Crippen molar-refractivity contribution in [2.24, 2.45) is 11.3 Å². The molecule has 6 heteroatoms. The SMILES string of the molecule is CC(CC(=O)c1ccc(Br)cc1OC(F)(F)F)CC(C)(C)C. The van der Waals surface area contributed by atoms with Gasteiger partial charge in [0.2, 0.25) is 0 Å². The Labute approximate surface area is 137 Å². The Morgan fingerprint density at radius 1 is 1.27 bits per heavy atom. The van der Waals surface area contributed by atoms with E-state index < -0.39 is 12.1 Å². The van der Waals surface area contributed by atoms with Crippen LogP contribution in [-0.4, -0.2) is 12.1 Å². The van der Waals surface area contributed by atoms with Crippen LogP contribution in [0.2, 0.25) is 0 Å². The first kappa shape index (κ1) is 19.0. The Hall–Kier alpha value is -1.04. The lowest BCUT2D eigenvalue weighted by Gasteiger charge is -2.23. The van der Waals surface area contributed by atoms with Gasteiger partial charge in [-0.25, -0.2) is 0 Å². The molecule has 0 radical (unpaired) electrons. The van der Waals surface area contributed by atoms with Crippen LogP contribution in [0.25, 0.3) is 0 Å². The topological polar surface area (TPSA) is 26.3 Å². The van der Waals surface area contributed by atoms with Crippen LogP contribution in [0.4, 0.5) is 13.2 Å². The van der Waals surface area contributed by atoms with Gasteiger partial charge in [-0.3, -0.25) is 4.79 Å². The Morgan fingerprint density at radius 3 is 2.36 bits per heavy atom. The average molecular weight is 381 g/mol. The molecule has 1 aromatic carbocycles. The molecule has 124 valence electrons. The van der Waals surface area contributed by atoms with Gasteiger partial charge in [0.1, 0.15) is 5.75 Å². The fraction of sp³-hybridized carbons (Fsp3) is 0.562. The zero-order chi connectivity index (χ0) is 17.1. The molecule has 1 rings (SSSR count). The van der Waals surface area contributed by atoms with Crippen LogP contribution in [-0.2, 0) is 0 Å². The van der Waals surface area contributed by atoms with E-state index >= 15 is 0 Å². The average Bonchev–Trinajstić information content (AvgIpc) is 2.23. The maximum absolute atomic E-state index is 12.5. The second kappa shape index (κ2) is 7.02. The van der Waals surface area contributed by atoms with E-state index in [4.69, 9.17) is 0 Å². The van der Waals surface area contributed by atoms with Crippen LogP contribution in [0.15, 0.2) is 22.7 Å². The molecule has 22 heavy (non-hydrogen) atoms. The fourth-order valence-corrected chi connectivity index (χ4v) is 2.82. The lowest BCUT2D eigenvalue weighted by atomic mass is 9.83. The number of hydrogen-bond acceptors (Lipinski definition) is 2. The summed E-state index contributed by atoms with van der Waals surface area (Å²) < 4.78 is 41.7. The third-order valence-corrected chi connectivity index (χ3v) is 3.46. The van der Waals surface area contributed by atoms with Gasteiger partial charge in [-0.1, -0.05) is 43.6 Å². The highest BCUT2D eigenvalue weighted by molar-refractivity contribution is 9.10. The molecule has 0 amide bonds. The van der Waals surface area contributed by atoms with E-state index in [1.165, 1.54) is 12.1 Å². The molecule has 0 saturated carbocycles. The van der Waals surface area contributed by atoms with Crippen LogP contribution in [0.5, 0.6) is 5.75 Å². The molecule has 1 unspecified atom stereocenters. The molecule has 0 spiro atoms. The lowest BCUT2D eigenvalue weighted by molar-refractivity contribution is -0.274. The van der Waals surface area contributed by atoms with E-state index in [2.05, 4.69) is 41.4 Å². The first-order chi connectivity index (χ1) is 9.87. The zero-order valence-electron chi connectivity index (χ0n) is 13.1. The van der Waals surface area contributed by atoms with Gasteiger partial charge in [0.05, 0.1) is 5.56 Å². The Morgan fingerprint density at radius 2 is 1.86 bits per heavy atom. The minimum atomic E-state index is -4.83. The van der Waals surface area contributed by atoms with Gasteiger partial charge in [0.25, 0.3) is 0 Å². The standard InChI is InChI=1S/C16H20BrF3O2/c1-10(9-15(2,3)4)7-13(21)12-6-5-11(17)8-14(12)22-16(18,19)20/h5-6,8,10H,7,9H2,1-4H3. The second-order valence-electron chi connectivity index (χ2n) is 6.69. The summed E-state index contributed by atoms with van der Waals surface area (Å²) in [5, 5.41) is 0. The minimum absolute atomic E-state index is 0.0405. The van der Waals surface area contributed by atoms with Gasteiger partial charge < -0.3 is 4.74 Å². The van der Waals surface area contributed by atoms with Gasteiger partial charge in [0.15, 0.2) is 5.78 Å². The van der Waals surface area contributed by atoms with Gasteiger partial charge in [0, 0.05) is 10.9 Å². The van der Waals surface area contributed by atoms with Crippen molar-refractivity contribution in [2.75, 3.05) is 0 Å². The number of Topliss-reactive ketones (excluding diaryl/α,β-unsaturated/α-hetero) is 1. The molecule has 0 bridgehead atoms. The van der Waals surface area contributed by atoms with Crippen molar-refractivity contribution in [3.05, 3.63) is 28.2 Å². The Kier molecular flexibility index (Phi) is 6.07. The van der Waals surface area contributed by atoms with Crippen molar-refractivity contribution < 1.29 is 22.7 Å². The molecule has 0 aliphatic carbocycles. The van der Waals surface area contributed by atoms with E-state index in [-0.39, 0.29) is 29.1 Å². The van der Waals surface area contributed by atoms with Crippen LogP contribution in [0.3, 0.4) is 0 Å². The van der Waals surface area contributed by atoms with Crippen molar-refractivity contribution in [1.29, 1.82) is 0 Å². The molecule has 0 N–H and O–H groups in total. The highest BCUT2D eigenvalue weighted by Gasteiger charge is 2.33. The first-order valence-electron chi connectivity index (χ1n) is 6.96. The summed E-state index contributed by atoms with van der Waals surface area (Å²) in [5.74, 6) is -0.729. The summed E-state index contributed by atoms with van der Waals surface area (Å²) in [6.45, 7) is 8.11. The van der Waals surface area contributed by atoms with Crippen molar-refractivity contribution >= 4 is 21.7 Å². The number of halogens is 4. The van der Waals surface area contributed by atoms with E-state index in [0.29, 0.717) is 4.47 Å². The van der Waals surface area contributed by atoms with E-state index in [0.717, 1.165) is 12.5 Å². The van der Waals surface area contributed by atoms with Crippen LogP contribution in [0, 0.1) is 11.3 Å². The molecular weight excluding hydrogens is 361 g/mol. The number of benzene rings is 1. The zero-order valence-corrected chi connectivity index (χ0v) is 14.6. The maximum Gasteiger partial charge on any atom is 0.573 e. The van der Waals surface area contributed by atoms with Gasteiger partial charge in [-0.15, -0.1) is 13.2 Å². The number of ketones is 1. The third kappa shape index (κ3) is 6.81. The summed E-state index contributed by atoms with van der Waals surface area (Å²) >= 11 is 3.08. The fourth-order valence-electron chi connectivity index (χ4n) is 2.48. The van der Waals surface area contributed by atoms with Crippen LogP contribution in [0.1, 0.15) is 50.9 Å². The largest absolute Gasteiger partial charge is 0.573 e. The van der Waals surface area contributed by atoms with Crippen molar-refractivity contribution in [3.8, 4) is 5.75 Å². The highest BCUT2D eigenvalue weighted by atomic mass is 79.9. The van der Waals surface area contributed by atoms with Gasteiger partial charge in [-0.2, -0.15) is 0 Å². The molecule has 0 heterocycles. The smallest absolute Gasteiger partial charge is 0.405 e. The van der Waals surface area contributed by atoms with E-state index in [1.54, 1.807) is 0 Å². The van der Waals surface area contributed by atoms with Gasteiger partial charge >= 0.3 is 6.36 Å². The summed E-state index contributed by atoms with van der Waals surface area (Å²) in [4.78, 5) is 12.3. The van der Waals surface area contributed by atoms with Crippen LogP contribution < -0.4 is 4.74 Å². The van der Waals surface area contributed by atoms with Crippen molar-refractivity contribution in [3.63, 3.8) is 0 Å². The predicted octanol–water partition coefficient (Wildman–Crippen LogP) is 5.99. The van der Waals surface area contributed by atoms with Crippen molar-refractivity contribution in [1.82, 2.24) is 0 Å². The maximum atomic E-state index is 12.5. The summed E-state index contributed by atoms with van der Waals surface area (Å²) in [6, 6.07) is 4.05. The Balaban J connectivity index is 2.93. The van der Waals surface area contributed by atoms with Crippen molar-refractivity contribution in [2.45, 2.75) is 46.9 Å². The van der Waals surface area contributed by atoms with Crippen LogP contribution >= 0.6 is 15.9 Å². The quantitative estimate of drug-likeness (QED) is 0.586. The lowest BCUT2D eigenvalue weighted by Crippen LogP contribution is -2.20. The Bertz CT molecular complexity index is 533.